The fourth-order valence-corrected chi connectivity index (χ4v) is 2.39. The van der Waals surface area contributed by atoms with E-state index in [9.17, 15) is 4.79 Å². The molecule has 1 saturated heterocycles. The van der Waals surface area contributed by atoms with Gasteiger partial charge in [-0.1, -0.05) is 25.1 Å². The summed E-state index contributed by atoms with van der Waals surface area (Å²) in [7, 11) is 0. The molecule has 1 aliphatic rings. The summed E-state index contributed by atoms with van der Waals surface area (Å²) in [4.78, 5) is 11.8. The number of hydrogen-bond acceptors (Lipinski definition) is 3. The minimum atomic E-state index is 0. The number of amides is 1. The summed E-state index contributed by atoms with van der Waals surface area (Å²) in [6, 6.07) is 9.59. The van der Waals surface area contributed by atoms with Gasteiger partial charge >= 0.3 is 0 Å². The second-order valence-corrected chi connectivity index (χ2v) is 5.75. The second-order valence-electron chi connectivity index (χ2n) is 5.75. The molecule has 1 aliphatic heterocycles. The maximum atomic E-state index is 11.8. The van der Waals surface area contributed by atoms with Crippen molar-refractivity contribution < 1.29 is 9.53 Å². The molecule has 2 rings (SSSR count). The first kappa shape index (κ1) is 17.8. The van der Waals surface area contributed by atoms with Gasteiger partial charge in [-0.3, -0.25) is 4.79 Å². The lowest BCUT2D eigenvalue weighted by Crippen LogP contribution is -2.43. The number of piperidine rings is 1. The van der Waals surface area contributed by atoms with Gasteiger partial charge in [0.1, 0.15) is 5.75 Å². The van der Waals surface area contributed by atoms with Gasteiger partial charge in [-0.05, 0) is 43.5 Å². The number of para-hydroxylation sites is 1. The lowest BCUT2D eigenvalue weighted by molar-refractivity contribution is -0.122. The fourth-order valence-electron chi connectivity index (χ4n) is 2.39. The Kier molecular flexibility index (Phi) is 7.54. The first-order valence-corrected chi connectivity index (χ1v) is 7.33. The van der Waals surface area contributed by atoms with Crippen LogP contribution in [0.1, 0.15) is 26.2 Å². The molecule has 0 radical (unpaired) electrons. The van der Waals surface area contributed by atoms with Crippen LogP contribution in [0.4, 0.5) is 0 Å². The van der Waals surface area contributed by atoms with E-state index in [0.29, 0.717) is 13.0 Å². The van der Waals surface area contributed by atoms with E-state index in [-0.39, 0.29) is 23.7 Å². The molecule has 21 heavy (non-hydrogen) atoms. The normalized spacial score (nSPS) is 16.6. The molecule has 0 bridgehead atoms. The molecule has 0 atom stereocenters. The number of hydrogen-bond donors (Lipinski definition) is 2. The Morgan fingerprint density at radius 3 is 2.62 bits per heavy atom. The molecular formula is C16H25ClN2O2. The van der Waals surface area contributed by atoms with Crippen LogP contribution in [0.5, 0.6) is 5.75 Å². The molecule has 2 N–H and O–H groups in total. The highest BCUT2D eigenvalue weighted by molar-refractivity contribution is 5.85. The summed E-state index contributed by atoms with van der Waals surface area (Å²) in [5.41, 5.74) is 0.237. The van der Waals surface area contributed by atoms with Crippen molar-refractivity contribution in [3.63, 3.8) is 0 Å². The quantitative estimate of drug-likeness (QED) is 0.848. The maximum Gasteiger partial charge on any atom is 0.223 e. The summed E-state index contributed by atoms with van der Waals surface area (Å²) in [6.07, 6.45) is 2.64. The third-order valence-corrected chi connectivity index (χ3v) is 3.86. The van der Waals surface area contributed by atoms with Gasteiger partial charge in [-0.2, -0.15) is 0 Å². The first-order valence-electron chi connectivity index (χ1n) is 7.33. The van der Waals surface area contributed by atoms with Gasteiger partial charge in [-0.15, -0.1) is 12.4 Å². The predicted molar refractivity (Wildman–Crippen MR) is 87.0 cm³/mol. The van der Waals surface area contributed by atoms with Gasteiger partial charge < -0.3 is 15.4 Å². The van der Waals surface area contributed by atoms with E-state index in [1.165, 1.54) is 0 Å². The van der Waals surface area contributed by atoms with Gasteiger partial charge in [0.25, 0.3) is 0 Å². The van der Waals surface area contributed by atoms with Crippen LogP contribution in [0.3, 0.4) is 0 Å². The van der Waals surface area contributed by atoms with Crippen molar-refractivity contribution in [3.05, 3.63) is 30.3 Å². The first-order chi connectivity index (χ1) is 9.68. The van der Waals surface area contributed by atoms with Crippen LogP contribution in [0.25, 0.3) is 0 Å². The Bertz CT molecular complexity index is 420. The average molecular weight is 313 g/mol. The van der Waals surface area contributed by atoms with E-state index >= 15 is 0 Å². The Hall–Kier alpha value is -1.26. The number of rotatable bonds is 6. The highest BCUT2D eigenvalue weighted by Crippen LogP contribution is 2.26. The summed E-state index contributed by atoms with van der Waals surface area (Å²) in [5, 5.41) is 6.38. The third kappa shape index (κ3) is 6.36. The number of halogens is 1. The molecule has 118 valence electrons. The highest BCUT2D eigenvalue weighted by Gasteiger charge is 2.26. The smallest absolute Gasteiger partial charge is 0.223 e. The van der Waals surface area contributed by atoms with Crippen LogP contribution < -0.4 is 15.4 Å². The molecule has 1 aromatic carbocycles. The Balaban J connectivity index is 0.00000220. The van der Waals surface area contributed by atoms with E-state index in [4.69, 9.17) is 4.74 Å². The Morgan fingerprint density at radius 1 is 1.29 bits per heavy atom. The Labute approximate surface area is 133 Å². The number of carbonyl (C=O) groups is 1. The fraction of sp³-hybridized carbons (Fsp3) is 0.562. The van der Waals surface area contributed by atoms with Crippen molar-refractivity contribution in [3.8, 4) is 5.75 Å². The number of benzene rings is 1. The average Bonchev–Trinajstić information content (AvgIpc) is 2.47. The minimum Gasteiger partial charge on any atom is -0.493 e. The van der Waals surface area contributed by atoms with Crippen molar-refractivity contribution in [2.75, 3.05) is 26.2 Å². The van der Waals surface area contributed by atoms with E-state index < -0.39 is 0 Å². The number of ether oxygens (including phenoxy) is 1. The highest BCUT2D eigenvalue weighted by atomic mass is 35.5. The predicted octanol–water partition coefficient (Wildman–Crippen LogP) is 2.38. The van der Waals surface area contributed by atoms with Crippen molar-refractivity contribution >= 4 is 18.3 Å². The molecule has 1 amide bonds. The molecule has 1 aromatic rings. The van der Waals surface area contributed by atoms with E-state index in [1.807, 2.05) is 30.3 Å². The van der Waals surface area contributed by atoms with Crippen LogP contribution in [0.2, 0.25) is 0 Å². The molecule has 0 aromatic heterocycles. The molecule has 0 saturated carbocycles. The van der Waals surface area contributed by atoms with Gasteiger partial charge in [0.05, 0.1) is 13.0 Å². The largest absolute Gasteiger partial charge is 0.493 e. The number of nitrogens with one attached hydrogen (secondary N) is 2. The van der Waals surface area contributed by atoms with E-state index in [2.05, 4.69) is 17.6 Å². The van der Waals surface area contributed by atoms with Gasteiger partial charge in [0, 0.05) is 6.54 Å². The number of carbonyl (C=O) groups excluding carboxylic acids is 1. The molecule has 0 unspecified atom stereocenters. The summed E-state index contributed by atoms with van der Waals surface area (Å²) in [6.45, 7) is 5.52. The second kappa shape index (κ2) is 8.90. The maximum absolute atomic E-state index is 11.8. The van der Waals surface area contributed by atoms with Crippen molar-refractivity contribution in [1.82, 2.24) is 10.6 Å². The van der Waals surface area contributed by atoms with Crippen LogP contribution >= 0.6 is 12.4 Å². The van der Waals surface area contributed by atoms with E-state index in [0.717, 1.165) is 38.2 Å². The van der Waals surface area contributed by atoms with Gasteiger partial charge in [-0.25, -0.2) is 0 Å². The van der Waals surface area contributed by atoms with Crippen molar-refractivity contribution in [2.45, 2.75) is 26.2 Å². The molecule has 1 fully saturated rings. The topological polar surface area (TPSA) is 50.4 Å². The zero-order valence-electron chi connectivity index (χ0n) is 12.6. The zero-order chi connectivity index (χ0) is 14.3. The minimum absolute atomic E-state index is 0. The van der Waals surface area contributed by atoms with Gasteiger partial charge in [0.2, 0.25) is 5.91 Å². The zero-order valence-corrected chi connectivity index (χ0v) is 13.4. The van der Waals surface area contributed by atoms with E-state index in [1.54, 1.807) is 0 Å². The van der Waals surface area contributed by atoms with Crippen LogP contribution in [-0.2, 0) is 4.79 Å². The SMILES string of the molecule is CC1(CNC(=O)CCOc2ccccc2)CCNCC1.Cl. The molecule has 0 aliphatic carbocycles. The summed E-state index contributed by atoms with van der Waals surface area (Å²) in [5.74, 6) is 0.881. The van der Waals surface area contributed by atoms with Crippen LogP contribution in [0.15, 0.2) is 30.3 Å². The summed E-state index contributed by atoms with van der Waals surface area (Å²) < 4.78 is 5.52. The van der Waals surface area contributed by atoms with Gasteiger partial charge in [0.15, 0.2) is 0 Å². The molecule has 0 spiro atoms. The lowest BCUT2D eigenvalue weighted by atomic mass is 9.81. The van der Waals surface area contributed by atoms with Crippen LogP contribution in [-0.4, -0.2) is 32.1 Å². The third-order valence-electron chi connectivity index (χ3n) is 3.86. The van der Waals surface area contributed by atoms with Crippen molar-refractivity contribution in [2.24, 2.45) is 5.41 Å². The molecule has 4 nitrogen and oxygen atoms in total. The standard InChI is InChI=1S/C16H24N2O2.ClH/c1-16(8-10-17-11-9-16)13-18-15(19)7-12-20-14-5-3-2-4-6-14;/h2-6,17H,7-13H2,1H3,(H,18,19);1H. The Morgan fingerprint density at radius 2 is 1.95 bits per heavy atom. The molecule has 5 heteroatoms. The lowest BCUT2D eigenvalue weighted by Gasteiger charge is -2.34. The monoisotopic (exact) mass is 312 g/mol. The van der Waals surface area contributed by atoms with Crippen molar-refractivity contribution in [1.29, 1.82) is 0 Å². The molecule has 1 heterocycles. The van der Waals surface area contributed by atoms with Crippen LogP contribution in [0, 0.1) is 5.41 Å². The molecular weight excluding hydrogens is 288 g/mol. The summed E-state index contributed by atoms with van der Waals surface area (Å²) >= 11 is 0.